The van der Waals surface area contributed by atoms with E-state index < -0.39 is 0 Å². The van der Waals surface area contributed by atoms with Crippen LogP contribution in [-0.4, -0.2) is 26.5 Å². The summed E-state index contributed by atoms with van der Waals surface area (Å²) in [5.74, 6) is 0.934. The van der Waals surface area contributed by atoms with E-state index in [4.69, 9.17) is 16.3 Å². The molecule has 0 spiro atoms. The third kappa shape index (κ3) is 4.60. The average Bonchev–Trinajstić information content (AvgIpc) is 3.26. The van der Waals surface area contributed by atoms with E-state index in [-0.39, 0.29) is 18.0 Å². The molecule has 0 atom stereocenters. The summed E-state index contributed by atoms with van der Waals surface area (Å²) in [6, 6.07) is 11.3. The van der Waals surface area contributed by atoms with Gasteiger partial charge < -0.3 is 9.72 Å². The van der Waals surface area contributed by atoms with Gasteiger partial charge in [-0.2, -0.15) is 0 Å². The number of fused-ring (bicyclic) bond motifs is 2. The van der Waals surface area contributed by atoms with Gasteiger partial charge in [-0.3, -0.25) is 14.8 Å². The van der Waals surface area contributed by atoms with E-state index in [2.05, 4.69) is 19.9 Å². The Morgan fingerprint density at radius 2 is 1.97 bits per heavy atom. The number of halogens is 2. The second-order valence-electron chi connectivity index (χ2n) is 7.05. The highest BCUT2D eigenvalue weighted by Crippen LogP contribution is 2.28. The molecule has 0 aliphatic rings. The van der Waals surface area contributed by atoms with Gasteiger partial charge in [0, 0.05) is 24.7 Å². The van der Waals surface area contributed by atoms with Crippen molar-refractivity contribution >= 4 is 56.3 Å². The fourth-order valence-corrected chi connectivity index (χ4v) is 4.38. The van der Waals surface area contributed by atoms with Crippen LogP contribution in [0.4, 0.5) is 0 Å². The molecule has 6 nitrogen and oxygen atoms in total. The van der Waals surface area contributed by atoms with Crippen molar-refractivity contribution in [1.82, 2.24) is 19.9 Å². The molecule has 4 aromatic heterocycles. The predicted octanol–water partition coefficient (Wildman–Crippen LogP) is 5.68. The lowest BCUT2D eigenvalue weighted by Gasteiger charge is -2.09. The molecule has 4 heterocycles. The van der Waals surface area contributed by atoms with Crippen LogP contribution in [0, 0.1) is 0 Å². The van der Waals surface area contributed by atoms with Gasteiger partial charge in [-0.15, -0.1) is 23.7 Å². The summed E-state index contributed by atoms with van der Waals surface area (Å²) >= 11 is 8.07. The number of H-pyrrole nitrogens is 1. The number of rotatable bonds is 6. The molecular formula is C23H18Cl2N4O2S. The molecule has 5 rings (SSSR count). The zero-order chi connectivity index (χ0) is 21.2. The highest BCUT2D eigenvalue weighted by Gasteiger charge is 2.13. The quantitative estimate of drug-likeness (QED) is 0.313. The number of nitrogens with one attached hydrogen (secondary N) is 1. The van der Waals surface area contributed by atoms with Gasteiger partial charge in [0.25, 0.3) is 5.56 Å². The molecule has 0 aliphatic heterocycles. The first-order chi connectivity index (χ1) is 15.2. The highest BCUT2D eigenvalue weighted by atomic mass is 35.5. The van der Waals surface area contributed by atoms with Crippen molar-refractivity contribution < 1.29 is 4.74 Å². The Morgan fingerprint density at radius 1 is 1.12 bits per heavy atom. The lowest BCUT2D eigenvalue weighted by Crippen LogP contribution is -2.11. The van der Waals surface area contributed by atoms with E-state index in [0.29, 0.717) is 39.8 Å². The zero-order valence-electron chi connectivity index (χ0n) is 16.7. The number of aryl methyl sites for hydroxylation is 1. The van der Waals surface area contributed by atoms with Crippen LogP contribution in [0.2, 0.25) is 5.02 Å². The zero-order valence-corrected chi connectivity index (χ0v) is 19.1. The maximum atomic E-state index is 12.8. The second-order valence-corrected chi connectivity index (χ2v) is 8.41. The number of benzene rings is 1. The molecule has 5 aromatic rings. The number of nitrogens with zero attached hydrogens (tertiary/aromatic N) is 3. The first kappa shape index (κ1) is 22.2. The Labute approximate surface area is 198 Å². The van der Waals surface area contributed by atoms with Gasteiger partial charge in [-0.05, 0) is 59.5 Å². The summed E-state index contributed by atoms with van der Waals surface area (Å²) in [7, 11) is 0. The Bertz CT molecular complexity index is 1440. The molecule has 0 aliphatic carbocycles. The summed E-state index contributed by atoms with van der Waals surface area (Å²) in [6.45, 7) is 0.512. The predicted molar refractivity (Wildman–Crippen MR) is 131 cm³/mol. The van der Waals surface area contributed by atoms with Crippen molar-refractivity contribution in [2.24, 2.45) is 0 Å². The normalized spacial score (nSPS) is 10.9. The Balaban J connectivity index is 0.00000245. The Kier molecular flexibility index (Phi) is 6.69. The number of hydrogen-bond acceptors (Lipinski definition) is 6. The summed E-state index contributed by atoms with van der Waals surface area (Å²) in [6.07, 6.45) is 7.06. The molecule has 0 unspecified atom stereocenters. The molecule has 0 bridgehead atoms. The van der Waals surface area contributed by atoms with Crippen molar-refractivity contribution in [3.05, 3.63) is 81.3 Å². The minimum absolute atomic E-state index is 0. The largest absolute Gasteiger partial charge is 0.494 e. The van der Waals surface area contributed by atoms with E-state index in [1.165, 1.54) is 5.56 Å². The summed E-state index contributed by atoms with van der Waals surface area (Å²) in [5.41, 5.74) is 1.95. The van der Waals surface area contributed by atoms with Gasteiger partial charge in [-0.1, -0.05) is 11.6 Å². The molecule has 0 saturated carbocycles. The molecule has 1 aromatic carbocycles. The number of hydrogen-bond donors (Lipinski definition) is 1. The van der Waals surface area contributed by atoms with Crippen LogP contribution >= 0.6 is 35.3 Å². The van der Waals surface area contributed by atoms with Crippen molar-refractivity contribution in [1.29, 1.82) is 0 Å². The number of aromatic nitrogens is 4. The topological polar surface area (TPSA) is 80.8 Å². The highest BCUT2D eigenvalue weighted by molar-refractivity contribution is 7.17. The first-order valence-electron chi connectivity index (χ1n) is 9.76. The van der Waals surface area contributed by atoms with Crippen LogP contribution < -0.4 is 10.3 Å². The molecule has 9 heteroatoms. The Morgan fingerprint density at radius 3 is 2.81 bits per heavy atom. The fourth-order valence-electron chi connectivity index (χ4n) is 3.39. The first-order valence-corrected chi connectivity index (χ1v) is 11.0. The van der Waals surface area contributed by atoms with Gasteiger partial charge in [0.1, 0.15) is 11.4 Å². The molecule has 0 fully saturated rings. The molecule has 162 valence electrons. The van der Waals surface area contributed by atoms with E-state index >= 15 is 0 Å². The summed E-state index contributed by atoms with van der Waals surface area (Å²) < 4.78 is 6.91. The lowest BCUT2D eigenvalue weighted by molar-refractivity contribution is 0.311. The number of aromatic amines is 1. The Hall–Kier alpha value is -3.00. The van der Waals surface area contributed by atoms with Crippen molar-refractivity contribution in [3.8, 4) is 17.3 Å². The van der Waals surface area contributed by atoms with Gasteiger partial charge in [0.05, 0.1) is 27.2 Å². The van der Waals surface area contributed by atoms with E-state index in [9.17, 15) is 4.79 Å². The average molecular weight is 485 g/mol. The van der Waals surface area contributed by atoms with Gasteiger partial charge in [-0.25, -0.2) is 4.98 Å². The lowest BCUT2D eigenvalue weighted by atomic mass is 10.1. The standard InChI is InChI=1S/C23H17ClN4O2S.ClH/c24-18-12-16(30-8-1-2-14-3-6-25-7-4-14)11-17-21(18)27-22(28-23(17)29)19-10-15-5-9-31-20(15)13-26-19;/h3-7,9-13H,1-2,8H2,(H,27,28,29);1H. The van der Waals surface area contributed by atoms with E-state index in [1.54, 1.807) is 42.1 Å². The molecular weight excluding hydrogens is 467 g/mol. The second kappa shape index (κ2) is 9.65. The fraction of sp³-hybridized carbons (Fsp3) is 0.130. The number of ether oxygens (including phenoxy) is 1. The van der Waals surface area contributed by atoms with Crippen LogP contribution in [0.15, 0.2) is 65.2 Å². The van der Waals surface area contributed by atoms with Crippen LogP contribution in [0.5, 0.6) is 5.75 Å². The minimum atomic E-state index is -0.281. The van der Waals surface area contributed by atoms with Crippen LogP contribution in [0.1, 0.15) is 12.0 Å². The molecule has 1 N–H and O–H groups in total. The van der Waals surface area contributed by atoms with Crippen LogP contribution in [0.3, 0.4) is 0 Å². The maximum Gasteiger partial charge on any atom is 0.259 e. The van der Waals surface area contributed by atoms with Crippen LogP contribution in [-0.2, 0) is 6.42 Å². The number of thiophene rings is 1. The van der Waals surface area contributed by atoms with Gasteiger partial charge in [0.15, 0.2) is 5.82 Å². The molecule has 32 heavy (non-hydrogen) atoms. The smallest absolute Gasteiger partial charge is 0.259 e. The number of pyridine rings is 2. The maximum absolute atomic E-state index is 12.8. The summed E-state index contributed by atoms with van der Waals surface area (Å²) in [4.78, 5) is 28.6. The third-order valence-electron chi connectivity index (χ3n) is 4.95. The van der Waals surface area contributed by atoms with Gasteiger partial charge in [0.2, 0.25) is 0 Å². The van der Waals surface area contributed by atoms with Gasteiger partial charge >= 0.3 is 0 Å². The minimum Gasteiger partial charge on any atom is -0.494 e. The van der Waals surface area contributed by atoms with E-state index in [0.717, 1.165) is 22.9 Å². The monoisotopic (exact) mass is 484 g/mol. The SMILES string of the molecule is Cl.O=c1[nH]c(-c2cc3ccsc3cn2)nc2c(Cl)cc(OCCCc3ccncc3)cc12. The molecule has 0 radical (unpaired) electrons. The molecule has 0 saturated heterocycles. The summed E-state index contributed by atoms with van der Waals surface area (Å²) in [5, 5.41) is 3.81. The van der Waals surface area contributed by atoms with Crippen molar-refractivity contribution in [2.75, 3.05) is 6.61 Å². The van der Waals surface area contributed by atoms with Crippen LogP contribution in [0.25, 0.3) is 32.5 Å². The third-order valence-corrected chi connectivity index (χ3v) is 6.10. The molecule has 0 amide bonds. The van der Waals surface area contributed by atoms with Crippen molar-refractivity contribution in [3.63, 3.8) is 0 Å². The van der Waals surface area contributed by atoms with E-state index in [1.807, 2.05) is 29.6 Å². The van der Waals surface area contributed by atoms with Crippen molar-refractivity contribution in [2.45, 2.75) is 12.8 Å².